The highest BCUT2D eigenvalue weighted by atomic mass is 35.5. The van der Waals surface area contributed by atoms with Crippen molar-refractivity contribution in [1.82, 2.24) is 15.5 Å². The van der Waals surface area contributed by atoms with Crippen LogP contribution >= 0.6 is 24.8 Å². The second-order valence-corrected chi connectivity index (χ2v) is 6.91. The summed E-state index contributed by atoms with van der Waals surface area (Å²) in [6, 6.07) is 7.87. The molecule has 0 spiro atoms. The van der Waals surface area contributed by atoms with Crippen LogP contribution in [0.15, 0.2) is 24.3 Å². The monoisotopic (exact) mass is 421 g/mol. The lowest BCUT2D eigenvalue weighted by molar-refractivity contribution is -0.136. The number of carbonyl (C=O) groups is 1. The van der Waals surface area contributed by atoms with Gasteiger partial charge in [-0.25, -0.2) is 0 Å². The standard InChI is InChI=1S/C19H31N3O3.2ClH/c1-22(2)12-13-25-17-7-5-4-6-16(17)14-21-18(23)19(15-24-3)8-10-20-11-9-19;;/h4-7,20H,8-15H2,1-3H3,(H,21,23);2*1H. The molecule has 1 aromatic rings. The lowest BCUT2D eigenvalue weighted by Crippen LogP contribution is -2.50. The number of nitrogens with zero attached hydrogens (tertiary/aromatic N) is 1. The van der Waals surface area contributed by atoms with Crippen LogP contribution in [0.5, 0.6) is 5.75 Å². The third-order valence-corrected chi connectivity index (χ3v) is 4.67. The van der Waals surface area contributed by atoms with Crippen molar-refractivity contribution < 1.29 is 14.3 Å². The van der Waals surface area contributed by atoms with Crippen LogP contribution in [-0.4, -0.2) is 64.9 Å². The van der Waals surface area contributed by atoms with E-state index in [9.17, 15) is 4.79 Å². The molecule has 6 nitrogen and oxygen atoms in total. The Morgan fingerprint density at radius 2 is 1.89 bits per heavy atom. The van der Waals surface area contributed by atoms with Gasteiger partial charge >= 0.3 is 0 Å². The predicted octanol–water partition coefficient (Wildman–Crippen LogP) is 2.10. The lowest BCUT2D eigenvalue weighted by atomic mass is 9.78. The summed E-state index contributed by atoms with van der Waals surface area (Å²) in [5, 5.41) is 6.41. The molecule has 1 saturated heterocycles. The molecule has 1 aliphatic heterocycles. The molecule has 1 fully saturated rings. The molecule has 0 aromatic heterocycles. The van der Waals surface area contributed by atoms with Gasteiger partial charge in [0, 0.05) is 25.8 Å². The van der Waals surface area contributed by atoms with Gasteiger partial charge in [0.1, 0.15) is 12.4 Å². The van der Waals surface area contributed by atoms with Crippen LogP contribution < -0.4 is 15.4 Å². The minimum Gasteiger partial charge on any atom is -0.492 e. The molecule has 1 amide bonds. The highest BCUT2D eigenvalue weighted by Crippen LogP contribution is 2.29. The molecule has 0 bridgehead atoms. The van der Waals surface area contributed by atoms with Gasteiger partial charge in [-0.3, -0.25) is 4.79 Å². The molecule has 0 atom stereocenters. The summed E-state index contributed by atoms with van der Waals surface area (Å²) in [6.45, 7) is 4.10. The number of methoxy groups -OCH3 is 1. The maximum absolute atomic E-state index is 12.8. The van der Waals surface area contributed by atoms with Gasteiger partial charge in [0.05, 0.1) is 12.0 Å². The van der Waals surface area contributed by atoms with E-state index in [0.717, 1.165) is 43.8 Å². The smallest absolute Gasteiger partial charge is 0.228 e. The van der Waals surface area contributed by atoms with Crippen LogP contribution in [0.3, 0.4) is 0 Å². The number of hydrogen-bond donors (Lipinski definition) is 2. The summed E-state index contributed by atoms with van der Waals surface area (Å²) in [6.07, 6.45) is 1.60. The maximum Gasteiger partial charge on any atom is 0.228 e. The molecule has 2 N–H and O–H groups in total. The van der Waals surface area contributed by atoms with Gasteiger partial charge in [0.15, 0.2) is 0 Å². The van der Waals surface area contributed by atoms with Crippen LogP contribution in [0.2, 0.25) is 0 Å². The van der Waals surface area contributed by atoms with Gasteiger partial charge in [0.25, 0.3) is 0 Å². The van der Waals surface area contributed by atoms with Gasteiger partial charge in [0.2, 0.25) is 5.91 Å². The van der Waals surface area contributed by atoms with Gasteiger partial charge in [-0.1, -0.05) is 18.2 Å². The summed E-state index contributed by atoms with van der Waals surface area (Å²) >= 11 is 0. The number of rotatable bonds is 9. The minimum absolute atomic E-state index is 0. The number of ether oxygens (including phenoxy) is 2. The molecule has 2 rings (SSSR count). The van der Waals surface area contributed by atoms with Crippen LogP contribution in [-0.2, 0) is 16.1 Å². The molecule has 0 saturated carbocycles. The molecular weight excluding hydrogens is 389 g/mol. The summed E-state index contributed by atoms with van der Waals surface area (Å²) in [4.78, 5) is 14.9. The van der Waals surface area contributed by atoms with E-state index >= 15 is 0 Å². The number of para-hydroxylation sites is 1. The minimum atomic E-state index is -0.430. The number of nitrogens with one attached hydrogen (secondary N) is 2. The van der Waals surface area contributed by atoms with Crippen molar-refractivity contribution in [1.29, 1.82) is 0 Å². The summed E-state index contributed by atoms with van der Waals surface area (Å²) in [7, 11) is 5.69. The summed E-state index contributed by atoms with van der Waals surface area (Å²) in [5.41, 5.74) is 0.567. The van der Waals surface area contributed by atoms with Gasteiger partial charge < -0.3 is 25.0 Å². The fourth-order valence-electron chi connectivity index (χ4n) is 3.11. The SMILES string of the molecule is COCC1(C(=O)NCc2ccccc2OCCN(C)C)CCNCC1.Cl.Cl. The molecule has 8 heteroatoms. The average Bonchev–Trinajstić information content (AvgIpc) is 2.61. The molecule has 0 aliphatic carbocycles. The van der Waals surface area contributed by atoms with E-state index in [1.165, 1.54) is 0 Å². The van der Waals surface area contributed by atoms with Gasteiger partial charge in [-0.2, -0.15) is 0 Å². The van der Waals surface area contributed by atoms with Gasteiger partial charge in [-0.15, -0.1) is 24.8 Å². The van der Waals surface area contributed by atoms with Crippen molar-refractivity contribution in [3.8, 4) is 5.75 Å². The first kappa shape index (κ1) is 26.0. The van der Waals surface area contributed by atoms with E-state index in [-0.39, 0.29) is 30.7 Å². The molecule has 1 aromatic carbocycles. The zero-order valence-electron chi connectivity index (χ0n) is 16.5. The molecule has 0 unspecified atom stereocenters. The van der Waals surface area contributed by atoms with Crippen molar-refractivity contribution >= 4 is 30.7 Å². The lowest BCUT2D eigenvalue weighted by Gasteiger charge is -2.35. The second kappa shape index (κ2) is 13.2. The average molecular weight is 422 g/mol. The summed E-state index contributed by atoms with van der Waals surface area (Å²) < 4.78 is 11.2. The highest BCUT2D eigenvalue weighted by molar-refractivity contribution is 5.85. The van der Waals surface area contributed by atoms with Crippen molar-refractivity contribution in [2.75, 3.05) is 54.1 Å². The van der Waals surface area contributed by atoms with Crippen LogP contribution in [0.1, 0.15) is 18.4 Å². The second-order valence-electron chi connectivity index (χ2n) is 6.91. The number of piperidine rings is 1. The Morgan fingerprint density at radius 1 is 1.22 bits per heavy atom. The first-order chi connectivity index (χ1) is 12.1. The topological polar surface area (TPSA) is 62.8 Å². The fraction of sp³-hybridized carbons (Fsp3) is 0.632. The van der Waals surface area contributed by atoms with Crippen molar-refractivity contribution in [2.45, 2.75) is 19.4 Å². The number of halogens is 2. The van der Waals surface area contributed by atoms with E-state index < -0.39 is 5.41 Å². The van der Waals surface area contributed by atoms with Crippen molar-refractivity contribution in [3.05, 3.63) is 29.8 Å². The fourth-order valence-corrected chi connectivity index (χ4v) is 3.11. The van der Waals surface area contributed by atoms with Gasteiger partial charge in [-0.05, 0) is 46.1 Å². The Hall–Kier alpha value is -1.05. The third kappa shape index (κ3) is 7.84. The molecule has 0 radical (unpaired) electrons. The van der Waals surface area contributed by atoms with E-state index in [4.69, 9.17) is 9.47 Å². The number of amides is 1. The van der Waals surface area contributed by atoms with E-state index in [0.29, 0.717) is 19.8 Å². The van der Waals surface area contributed by atoms with Crippen LogP contribution in [0.4, 0.5) is 0 Å². The quantitative estimate of drug-likeness (QED) is 0.638. The first-order valence-electron chi connectivity index (χ1n) is 8.91. The Morgan fingerprint density at radius 3 is 2.52 bits per heavy atom. The molecule has 1 aliphatic rings. The first-order valence-corrected chi connectivity index (χ1v) is 8.91. The molecule has 156 valence electrons. The Bertz CT molecular complexity index is 547. The number of likely N-dealkylation sites (N-methyl/N-ethyl adjacent to an activating group) is 1. The normalized spacial score (nSPS) is 15.4. The van der Waals surface area contributed by atoms with E-state index in [1.807, 2.05) is 38.4 Å². The van der Waals surface area contributed by atoms with Crippen molar-refractivity contribution in [2.24, 2.45) is 5.41 Å². The number of benzene rings is 1. The number of carbonyl (C=O) groups excluding carboxylic acids is 1. The van der Waals surface area contributed by atoms with Crippen LogP contribution in [0.25, 0.3) is 0 Å². The van der Waals surface area contributed by atoms with E-state index in [2.05, 4.69) is 15.5 Å². The van der Waals surface area contributed by atoms with Crippen molar-refractivity contribution in [3.63, 3.8) is 0 Å². The Balaban J connectivity index is 0.00000338. The number of hydrogen-bond acceptors (Lipinski definition) is 5. The molecule has 27 heavy (non-hydrogen) atoms. The Kier molecular flexibility index (Phi) is 12.7. The van der Waals surface area contributed by atoms with E-state index in [1.54, 1.807) is 7.11 Å². The highest BCUT2D eigenvalue weighted by Gasteiger charge is 2.39. The zero-order chi connectivity index (χ0) is 18.1. The largest absolute Gasteiger partial charge is 0.492 e. The van der Waals surface area contributed by atoms with Crippen LogP contribution in [0, 0.1) is 5.41 Å². The molecular formula is C19H33Cl2N3O3. The third-order valence-electron chi connectivity index (χ3n) is 4.67. The Labute approximate surface area is 175 Å². The maximum atomic E-state index is 12.8. The summed E-state index contributed by atoms with van der Waals surface area (Å²) in [5.74, 6) is 0.898. The predicted molar refractivity (Wildman–Crippen MR) is 113 cm³/mol. The zero-order valence-corrected chi connectivity index (χ0v) is 18.1. The molecule has 1 heterocycles.